The van der Waals surface area contributed by atoms with Gasteiger partial charge >= 0.3 is 17.9 Å². The molecule has 434 valence electrons. The van der Waals surface area contributed by atoms with E-state index in [9.17, 15) is 14.4 Å². The van der Waals surface area contributed by atoms with Crippen LogP contribution in [0.2, 0.25) is 0 Å². The molecule has 0 aromatic rings. The Bertz CT molecular complexity index is 1240. The van der Waals surface area contributed by atoms with Crippen LogP contribution in [0.4, 0.5) is 0 Å². The van der Waals surface area contributed by atoms with Gasteiger partial charge in [0.05, 0.1) is 0 Å². The zero-order valence-corrected chi connectivity index (χ0v) is 49.9. The van der Waals surface area contributed by atoms with Crippen molar-refractivity contribution >= 4 is 17.9 Å². The minimum atomic E-state index is -0.768. The molecule has 0 aromatic carbocycles. The second kappa shape index (κ2) is 63.2. The molecule has 1 unspecified atom stereocenters. The smallest absolute Gasteiger partial charge is 0.306 e. The summed E-state index contributed by atoms with van der Waals surface area (Å²) in [6.07, 6.45) is 77.8. The van der Waals surface area contributed by atoms with Crippen LogP contribution in [0.5, 0.6) is 0 Å². The van der Waals surface area contributed by atoms with Crippen LogP contribution in [0.3, 0.4) is 0 Å². The maximum Gasteiger partial charge on any atom is 0.306 e. The van der Waals surface area contributed by atoms with Gasteiger partial charge in [0.1, 0.15) is 13.2 Å². The topological polar surface area (TPSA) is 78.9 Å². The number of ether oxygens (including phenoxy) is 3. The number of hydrogen-bond donors (Lipinski definition) is 0. The molecule has 1 atom stereocenters. The van der Waals surface area contributed by atoms with E-state index in [2.05, 4.69) is 57.2 Å². The summed E-state index contributed by atoms with van der Waals surface area (Å²) in [6.45, 7) is 6.61. The van der Waals surface area contributed by atoms with Gasteiger partial charge in [0.2, 0.25) is 0 Å². The average molecular weight is 1040 g/mol. The number of rotatable bonds is 61. The SMILES string of the molecule is CCCCCCC/C=C\C/C=C\CCCCCCCCCCCCCCCCCCCCCCCC(=O)OCC(COC(=O)CCCCCCCC)OC(=O)CCCCCCCCC/C=C\CCCCCCCC. The quantitative estimate of drug-likeness (QED) is 0.0261. The first-order valence-corrected chi connectivity index (χ1v) is 33.0. The molecular formula is C68H126O6. The molecule has 0 fully saturated rings. The van der Waals surface area contributed by atoms with Crippen LogP contribution < -0.4 is 0 Å². The molecule has 0 saturated carbocycles. The van der Waals surface area contributed by atoms with Crippen molar-refractivity contribution in [3.05, 3.63) is 36.5 Å². The van der Waals surface area contributed by atoms with Crippen LogP contribution in [0.1, 0.15) is 361 Å². The van der Waals surface area contributed by atoms with Crippen molar-refractivity contribution in [1.29, 1.82) is 0 Å². The summed E-state index contributed by atoms with van der Waals surface area (Å²) < 4.78 is 16.8. The molecule has 0 heterocycles. The van der Waals surface area contributed by atoms with Crippen molar-refractivity contribution in [2.45, 2.75) is 367 Å². The van der Waals surface area contributed by atoms with E-state index in [1.807, 2.05) is 0 Å². The molecule has 0 aliphatic heterocycles. The molecular weight excluding hydrogens is 913 g/mol. The van der Waals surface area contributed by atoms with Crippen LogP contribution in [-0.4, -0.2) is 37.2 Å². The Morgan fingerprint density at radius 1 is 0.270 bits per heavy atom. The van der Waals surface area contributed by atoms with Crippen molar-refractivity contribution in [2.24, 2.45) is 0 Å². The summed E-state index contributed by atoms with van der Waals surface area (Å²) in [5.41, 5.74) is 0. The highest BCUT2D eigenvalue weighted by Gasteiger charge is 2.19. The molecule has 0 radical (unpaired) electrons. The van der Waals surface area contributed by atoms with Crippen LogP contribution in [0.25, 0.3) is 0 Å². The van der Waals surface area contributed by atoms with E-state index in [0.717, 1.165) is 64.2 Å². The number of unbranched alkanes of at least 4 members (excludes halogenated alkanes) is 44. The molecule has 6 nitrogen and oxygen atoms in total. The summed E-state index contributed by atoms with van der Waals surface area (Å²) >= 11 is 0. The third-order valence-corrected chi connectivity index (χ3v) is 14.9. The van der Waals surface area contributed by atoms with Gasteiger partial charge in [-0.25, -0.2) is 0 Å². The van der Waals surface area contributed by atoms with Crippen LogP contribution in [-0.2, 0) is 28.6 Å². The molecule has 0 aromatic heterocycles. The lowest BCUT2D eigenvalue weighted by atomic mass is 10.0. The number of hydrogen-bond acceptors (Lipinski definition) is 6. The Morgan fingerprint density at radius 3 is 0.757 bits per heavy atom. The lowest BCUT2D eigenvalue weighted by molar-refractivity contribution is -0.167. The van der Waals surface area contributed by atoms with Crippen molar-refractivity contribution in [3.63, 3.8) is 0 Å². The summed E-state index contributed by atoms with van der Waals surface area (Å²) in [5.74, 6) is -0.863. The highest BCUT2D eigenvalue weighted by atomic mass is 16.6. The minimum absolute atomic E-state index is 0.0691. The van der Waals surface area contributed by atoms with Crippen molar-refractivity contribution in [1.82, 2.24) is 0 Å². The zero-order valence-electron chi connectivity index (χ0n) is 49.9. The lowest BCUT2D eigenvalue weighted by Gasteiger charge is -2.18. The number of esters is 3. The van der Waals surface area contributed by atoms with Crippen molar-refractivity contribution < 1.29 is 28.6 Å². The Labute approximate surface area is 461 Å². The Hall–Kier alpha value is -2.37. The molecule has 0 rings (SSSR count). The second-order valence-electron chi connectivity index (χ2n) is 22.4. The predicted molar refractivity (Wildman–Crippen MR) is 321 cm³/mol. The summed E-state index contributed by atoms with van der Waals surface area (Å²) in [5, 5.41) is 0. The number of carbonyl (C=O) groups is 3. The van der Waals surface area contributed by atoms with E-state index in [-0.39, 0.29) is 31.1 Å². The van der Waals surface area contributed by atoms with Gasteiger partial charge in [0.15, 0.2) is 6.10 Å². The molecule has 0 amide bonds. The van der Waals surface area contributed by atoms with E-state index >= 15 is 0 Å². The third kappa shape index (κ3) is 60.5. The summed E-state index contributed by atoms with van der Waals surface area (Å²) in [6, 6.07) is 0. The second-order valence-corrected chi connectivity index (χ2v) is 22.4. The number of carbonyl (C=O) groups excluding carboxylic acids is 3. The van der Waals surface area contributed by atoms with E-state index < -0.39 is 6.10 Å². The average Bonchev–Trinajstić information content (AvgIpc) is 3.40. The van der Waals surface area contributed by atoms with E-state index in [0.29, 0.717) is 19.3 Å². The number of allylic oxidation sites excluding steroid dienone is 6. The van der Waals surface area contributed by atoms with Gasteiger partial charge in [0.25, 0.3) is 0 Å². The van der Waals surface area contributed by atoms with Crippen molar-refractivity contribution in [2.75, 3.05) is 13.2 Å². The third-order valence-electron chi connectivity index (χ3n) is 14.9. The van der Waals surface area contributed by atoms with Gasteiger partial charge in [-0.15, -0.1) is 0 Å². The highest BCUT2D eigenvalue weighted by molar-refractivity contribution is 5.71. The molecule has 6 heteroatoms. The maximum atomic E-state index is 12.8. The highest BCUT2D eigenvalue weighted by Crippen LogP contribution is 2.18. The fourth-order valence-corrected chi connectivity index (χ4v) is 9.88. The fraction of sp³-hybridized carbons (Fsp3) is 0.868. The Balaban J connectivity index is 3.93. The Kier molecular flexibility index (Phi) is 61.1. The Morgan fingerprint density at radius 2 is 0.486 bits per heavy atom. The lowest BCUT2D eigenvalue weighted by Crippen LogP contribution is -2.30. The van der Waals surface area contributed by atoms with Crippen LogP contribution in [0.15, 0.2) is 36.5 Å². The molecule has 0 spiro atoms. The monoisotopic (exact) mass is 1040 g/mol. The molecule has 0 aliphatic rings. The molecule has 0 aliphatic carbocycles. The van der Waals surface area contributed by atoms with E-state index in [4.69, 9.17) is 14.2 Å². The van der Waals surface area contributed by atoms with Gasteiger partial charge < -0.3 is 14.2 Å². The van der Waals surface area contributed by atoms with E-state index in [1.165, 1.54) is 257 Å². The molecule has 0 saturated heterocycles. The molecule has 0 N–H and O–H groups in total. The van der Waals surface area contributed by atoms with Crippen molar-refractivity contribution in [3.8, 4) is 0 Å². The first-order chi connectivity index (χ1) is 36.5. The predicted octanol–water partition coefficient (Wildman–Crippen LogP) is 22.4. The normalized spacial score (nSPS) is 12.2. The van der Waals surface area contributed by atoms with Gasteiger partial charge in [0, 0.05) is 19.3 Å². The molecule has 0 bridgehead atoms. The minimum Gasteiger partial charge on any atom is -0.462 e. The fourth-order valence-electron chi connectivity index (χ4n) is 9.88. The van der Waals surface area contributed by atoms with Crippen LogP contribution in [0, 0.1) is 0 Å². The molecule has 74 heavy (non-hydrogen) atoms. The summed E-state index contributed by atoms with van der Waals surface area (Å²) in [4.78, 5) is 38.0. The van der Waals surface area contributed by atoms with Gasteiger partial charge in [-0.2, -0.15) is 0 Å². The standard InChI is InChI=1S/C68H126O6/c1-4-7-10-13-16-18-20-22-24-26-27-28-29-30-31-32-33-34-35-36-37-38-39-40-41-43-44-46-48-50-52-55-58-61-67(70)73-64-65(63-72-66(69)60-57-54-15-12-9-6-3)74-68(71)62-59-56-53-51-49-47-45-42-25-23-21-19-17-14-11-8-5-2/h20,22-23,25-27,65H,4-19,21,24,28-64H2,1-3H3/b22-20-,25-23-,27-26-. The first-order valence-electron chi connectivity index (χ1n) is 33.0. The summed E-state index contributed by atoms with van der Waals surface area (Å²) in [7, 11) is 0. The van der Waals surface area contributed by atoms with Crippen LogP contribution >= 0.6 is 0 Å². The largest absolute Gasteiger partial charge is 0.462 e. The van der Waals surface area contributed by atoms with Gasteiger partial charge in [-0.1, -0.05) is 301 Å². The first kappa shape index (κ1) is 71.6. The zero-order chi connectivity index (χ0) is 53.6. The van der Waals surface area contributed by atoms with E-state index in [1.54, 1.807) is 0 Å². The maximum absolute atomic E-state index is 12.8. The van der Waals surface area contributed by atoms with Gasteiger partial charge in [-0.3, -0.25) is 14.4 Å². The van der Waals surface area contributed by atoms with Gasteiger partial charge in [-0.05, 0) is 77.0 Å².